The molecule has 4 heterocycles. The fourth-order valence-electron chi connectivity index (χ4n) is 3.05. The van der Waals surface area contributed by atoms with Gasteiger partial charge >= 0.3 is 0 Å². The van der Waals surface area contributed by atoms with E-state index in [-0.39, 0.29) is 5.91 Å². The van der Waals surface area contributed by atoms with E-state index < -0.39 is 0 Å². The molecule has 3 aromatic rings. The monoisotopic (exact) mass is 401 g/mol. The first kappa shape index (κ1) is 15.6. The zero-order valence-electron chi connectivity index (χ0n) is 13.2. The standard InChI is InChI=1S/C18H16BrN3OS/c1-11-2-3-16(24-11)18(23)22-6-4-12(5-7-22)15-10-21-17-14(15)8-13(19)9-20-17/h2-4,8-10H,5-7H2,1H3,(H,20,21). The molecular weight excluding hydrogens is 386 g/mol. The lowest BCUT2D eigenvalue weighted by Gasteiger charge is -2.26. The van der Waals surface area contributed by atoms with E-state index in [2.05, 4.69) is 38.0 Å². The minimum atomic E-state index is 0.131. The third kappa shape index (κ3) is 2.80. The van der Waals surface area contributed by atoms with E-state index in [1.54, 1.807) is 17.5 Å². The first-order chi connectivity index (χ1) is 11.6. The Morgan fingerprint density at radius 3 is 3.00 bits per heavy atom. The fourth-order valence-corrected chi connectivity index (χ4v) is 4.21. The Bertz CT molecular complexity index is 956. The van der Waals surface area contributed by atoms with Crippen LogP contribution in [0.25, 0.3) is 16.6 Å². The van der Waals surface area contributed by atoms with E-state index in [9.17, 15) is 4.79 Å². The van der Waals surface area contributed by atoms with Crippen LogP contribution in [0.15, 0.2) is 41.1 Å². The van der Waals surface area contributed by atoms with Crippen molar-refractivity contribution in [3.05, 3.63) is 56.5 Å². The predicted molar refractivity (Wildman–Crippen MR) is 101 cm³/mol. The van der Waals surface area contributed by atoms with Crippen molar-refractivity contribution >= 4 is 49.8 Å². The second kappa shape index (κ2) is 6.18. The Balaban J connectivity index is 1.58. The summed E-state index contributed by atoms with van der Waals surface area (Å²) < 4.78 is 0.970. The molecule has 0 unspecified atom stereocenters. The molecule has 1 aliphatic rings. The largest absolute Gasteiger partial charge is 0.346 e. The number of rotatable bonds is 2. The fraction of sp³-hybridized carbons (Fsp3) is 0.222. The molecule has 0 fully saturated rings. The van der Waals surface area contributed by atoms with Crippen molar-refractivity contribution in [2.45, 2.75) is 13.3 Å². The molecule has 0 aromatic carbocycles. The van der Waals surface area contributed by atoms with Gasteiger partial charge in [-0.15, -0.1) is 11.3 Å². The Labute approximate surface area is 152 Å². The number of fused-ring (bicyclic) bond motifs is 1. The molecule has 4 rings (SSSR count). The molecule has 6 heteroatoms. The molecular formula is C18H16BrN3OS. The second-order valence-electron chi connectivity index (χ2n) is 5.89. The van der Waals surface area contributed by atoms with Crippen molar-refractivity contribution in [1.82, 2.24) is 14.9 Å². The highest BCUT2D eigenvalue weighted by molar-refractivity contribution is 9.10. The van der Waals surface area contributed by atoms with Gasteiger partial charge in [-0.2, -0.15) is 0 Å². The quantitative estimate of drug-likeness (QED) is 0.680. The summed E-state index contributed by atoms with van der Waals surface area (Å²) in [7, 11) is 0. The lowest BCUT2D eigenvalue weighted by atomic mass is 9.99. The van der Waals surface area contributed by atoms with Crippen LogP contribution >= 0.6 is 27.3 Å². The number of pyridine rings is 1. The average molecular weight is 402 g/mol. The summed E-state index contributed by atoms with van der Waals surface area (Å²) in [6, 6.07) is 6.01. The SMILES string of the molecule is Cc1ccc(C(=O)N2CC=C(c3c[nH]c4ncc(Br)cc34)CC2)s1. The van der Waals surface area contributed by atoms with Gasteiger partial charge in [-0.1, -0.05) is 6.08 Å². The van der Waals surface area contributed by atoms with Crippen LogP contribution in [0.3, 0.4) is 0 Å². The number of carbonyl (C=O) groups excluding carboxylic acids is 1. The number of nitrogens with one attached hydrogen (secondary N) is 1. The number of hydrogen-bond donors (Lipinski definition) is 1. The molecule has 0 atom stereocenters. The summed E-state index contributed by atoms with van der Waals surface area (Å²) in [5.74, 6) is 0.131. The number of amides is 1. The van der Waals surface area contributed by atoms with E-state index in [1.165, 1.54) is 16.0 Å². The second-order valence-corrected chi connectivity index (χ2v) is 8.10. The van der Waals surface area contributed by atoms with Crippen molar-refractivity contribution in [2.24, 2.45) is 0 Å². The highest BCUT2D eigenvalue weighted by Crippen LogP contribution is 2.30. The molecule has 0 radical (unpaired) electrons. The van der Waals surface area contributed by atoms with Gasteiger partial charge < -0.3 is 9.88 Å². The van der Waals surface area contributed by atoms with Crippen LogP contribution in [0, 0.1) is 6.92 Å². The Morgan fingerprint density at radius 2 is 2.29 bits per heavy atom. The van der Waals surface area contributed by atoms with Crippen molar-refractivity contribution < 1.29 is 4.79 Å². The normalized spacial score (nSPS) is 14.9. The summed E-state index contributed by atoms with van der Waals surface area (Å²) in [6.07, 6.45) is 6.82. The first-order valence-electron chi connectivity index (χ1n) is 7.79. The van der Waals surface area contributed by atoms with Crippen LogP contribution in [-0.2, 0) is 0 Å². The minimum Gasteiger partial charge on any atom is -0.346 e. The highest BCUT2D eigenvalue weighted by Gasteiger charge is 2.21. The topological polar surface area (TPSA) is 49.0 Å². The van der Waals surface area contributed by atoms with Gasteiger partial charge in [0.2, 0.25) is 0 Å². The Kier molecular flexibility index (Phi) is 4.02. The number of aromatic nitrogens is 2. The molecule has 0 saturated carbocycles. The molecule has 1 N–H and O–H groups in total. The van der Waals surface area contributed by atoms with Crippen LogP contribution in [0.1, 0.15) is 26.5 Å². The first-order valence-corrected chi connectivity index (χ1v) is 9.40. The van der Waals surface area contributed by atoms with E-state index in [1.807, 2.05) is 30.2 Å². The summed E-state index contributed by atoms with van der Waals surface area (Å²) in [5, 5.41) is 1.12. The highest BCUT2D eigenvalue weighted by atomic mass is 79.9. The molecule has 1 amide bonds. The van der Waals surface area contributed by atoms with Crippen LogP contribution in [0.4, 0.5) is 0 Å². The third-order valence-electron chi connectivity index (χ3n) is 4.29. The summed E-state index contributed by atoms with van der Waals surface area (Å²) >= 11 is 5.05. The molecule has 1 aliphatic heterocycles. The number of hydrogen-bond acceptors (Lipinski definition) is 3. The summed E-state index contributed by atoms with van der Waals surface area (Å²) in [4.78, 5) is 24.1. The minimum absolute atomic E-state index is 0.131. The predicted octanol–water partition coefficient (Wildman–Crippen LogP) is 4.62. The maximum absolute atomic E-state index is 12.5. The average Bonchev–Trinajstić information content (AvgIpc) is 3.20. The van der Waals surface area contributed by atoms with Crippen molar-refractivity contribution in [3.8, 4) is 0 Å². The van der Waals surface area contributed by atoms with Crippen LogP contribution in [-0.4, -0.2) is 33.9 Å². The van der Waals surface area contributed by atoms with Crippen LogP contribution < -0.4 is 0 Å². The number of H-pyrrole nitrogens is 1. The van der Waals surface area contributed by atoms with E-state index in [4.69, 9.17) is 0 Å². The van der Waals surface area contributed by atoms with Gasteiger partial charge in [0.1, 0.15) is 5.65 Å². The van der Waals surface area contributed by atoms with Crippen LogP contribution in [0.5, 0.6) is 0 Å². The molecule has 0 aliphatic carbocycles. The number of halogens is 1. The number of nitrogens with zero attached hydrogens (tertiary/aromatic N) is 2. The van der Waals surface area contributed by atoms with Gasteiger partial charge in [0.25, 0.3) is 5.91 Å². The molecule has 0 bridgehead atoms. The zero-order chi connectivity index (χ0) is 16.7. The molecule has 3 aromatic heterocycles. The van der Waals surface area contributed by atoms with E-state index in [0.29, 0.717) is 6.54 Å². The van der Waals surface area contributed by atoms with Crippen molar-refractivity contribution in [1.29, 1.82) is 0 Å². The van der Waals surface area contributed by atoms with Crippen LogP contribution in [0.2, 0.25) is 0 Å². The maximum atomic E-state index is 12.5. The van der Waals surface area contributed by atoms with Gasteiger partial charge in [0, 0.05) is 45.8 Å². The number of aromatic amines is 1. The van der Waals surface area contributed by atoms with Crippen molar-refractivity contribution in [3.63, 3.8) is 0 Å². The maximum Gasteiger partial charge on any atom is 0.264 e. The van der Waals surface area contributed by atoms with Gasteiger partial charge in [-0.05, 0) is 53.0 Å². The number of aryl methyl sites for hydroxylation is 1. The Morgan fingerprint density at radius 1 is 1.42 bits per heavy atom. The van der Waals surface area contributed by atoms with Gasteiger partial charge in [0.15, 0.2) is 0 Å². The molecule has 0 saturated heterocycles. The lowest BCUT2D eigenvalue weighted by molar-refractivity contribution is 0.0777. The molecule has 0 spiro atoms. The zero-order valence-corrected chi connectivity index (χ0v) is 15.6. The van der Waals surface area contributed by atoms with Gasteiger partial charge in [0.05, 0.1) is 4.88 Å². The Hall–Kier alpha value is -1.92. The summed E-state index contributed by atoms with van der Waals surface area (Å²) in [5.41, 5.74) is 3.34. The van der Waals surface area contributed by atoms with Crippen molar-refractivity contribution in [2.75, 3.05) is 13.1 Å². The molecule has 122 valence electrons. The van der Waals surface area contributed by atoms with E-state index >= 15 is 0 Å². The van der Waals surface area contributed by atoms with E-state index in [0.717, 1.165) is 33.3 Å². The number of thiophene rings is 1. The lowest BCUT2D eigenvalue weighted by Crippen LogP contribution is -2.34. The number of carbonyl (C=O) groups is 1. The molecule has 4 nitrogen and oxygen atoms in total. The molecule has 24 heavy (non-hydrogen) atoms. The smallest absolute Gasteiger partial charge is 0.264 e. The summed E-state index contributed by atoms with van der Waals surface area (Å²) in [6.45, 7) is 3.42. The van der Waals surface area contributed by atoms with Gasteiger partial charge in [-0.25, -0.2) is 4.98 Å². The third-order valence-corrected chi connectivity index (χ3v) is 5.71. The van der Waals surface area contributed by atoms with Gasteiger partial charge in [-0.3, -0.25) is 4.79 Å².